The van der Waals surface area contributed by atoms with Crippen LogP contribution in [0.15, 0.2) is 42.5 Å². The number of hydrogen-bond acceptors (Lipinski definition) is 3. The number of likely N-dealkylation sites (tertiary alicyclic amines) is 1. The minimum absolute atomic E-state index is 0.0860. The molecule has 3 heteroatoms. The number of ether oxygens (including phenoxy) is 1. The van der Waals surface area contributed by atoms with Crippen LogP contribution in [-0.2, 0) is 6.42 Å². The van der Waals surface area contributed by atoms with Crippen molar-refractivity contribution < 1.29 is 4.74 Å². The number of nitrogens with zero attached hydrogens (tertiary/aromatic N) is 1. The third kappa shape index (κ3) is 3.31. The third-order valence-corrected chi connectivity index (χ3v) is 5.68. The summed E-state index contributed by atoms with van der Waals surface area (Å²) in [6.45, 7) is 6.36. The van der Waals surface area contributed by atoms with Gasteiger partial charge in [0.25, 0.3) is 0 Å². The molecule has 3 nitrogen and oxygen atoms in total. The second kappa shape index (κ2) is 6.81. The smallest absolute Gasteiger partial charge is 0.140 e. The van der Waals surface area contributed by atoms with Crippen molar-refractivity contribution in [3.05, 3.63) is 64.7 Å². The number of aryl methyl sites for hydroxylation is 2. The van der Waals surface area contributed by atoms with Crippen molar-refractivity contribution in [1.82, 2.24) is 4.90 Å². The molecule has 0 unspecified atom stereocenters. The van der Waals surface area contributed by atoms with Gasteiger partial charge in [-0.05, 0) is 62.4 Å². The zero-order chi connectivity index (χ0) is 17.4. The molecule has 0 saturated carbocycles. The van der Waals surface area contributed by atoms with Crippen LogP contribution in [0.1, 0.15) is 41.2 Å². The molecule has 2 N–H and O–H groups in total. The van der Waals surface area contributed by atoms with Crippen molar-refractivity contribution >= 4 is 0 Å². The lowest BCUT2D eigenvalue weighted by molar-refractivity contribution is 0.0589. The van der Waals surface area contributed by atoms with Crippen LogP contribution in [0.4, 0.5) is 0 Å². The highest BCUT2D eigenvalue weighted by Crippen LogP contribution is 2.39. The lowest BCUT2D eigenvalue weighted by Gasteiger charge is -2.38. The molecule has 1 heterocycles. The Bertz CT molecular complexity index is 757. The molecule has 2 aromatic carbocycles. The Morgan fingerprint density at radius 3 is 2.76 bits per heavy atom. The Morgan fingerprint density at radius 2 is 1.96 bits per heavy atom. The molecule has 2 aromatic rings. The van der Waals surface area contributed by atoms with Gasteiger partial charge >= 0.3 is 0 Å². The molecule has 0 radical (unpaired) electrons. The summed E-state index contributed by atoms with van der Waals surface area (Å²) in [5.41, 5.74) is 11.5. The summed E-state index contributed by atoms with van der Waals surface area (Å²) in [7, 11) is 0. The lowest BCUT2D eigenvalue weighted by Crippen LogP contribution is -2.49. The fourth-order valence-electron chi connectivity index (χ4n) is 4.41. The largest absolute Gasteiger partial charge is 0.484 e. The number of fused-ring (bicyclic) bond motifs is 1. The molecule has 0 spiro atoms. The van der Waals surface area contributed by atoms with E-state index in [1.54, 1.807) is 0 Å². The predicted molar refractivity (Wildman–Crippen MR) is 102 cm³/mol. The molecular formula is C22H28N2O. The van der Waals surface area contributed by atoms with E-state index in [4.69, 9.17) is 10.5 Å². The van der Waals surface area contributed by atoms with Gasteiger partial charge in [-0.3, -0.25) is 4.90 Å². The summed E-state index contributed by atoms with van der Waals surface area (Å²) < 4.78 is 6.61. The molecule has 1 fully saturated rings. The highest BCUT2D eigenvalue weighted by molar-refractivity contribution is 5.40. The zero-order valence-electron chi connectivity index (χ0n) is 15.2. The molecular weight excluding hydrogens is 308 g/mol. The van der Waals surface area contributed by atoms with E-state index in [0.29, 0.717) is 12.1 Å². The van der Waals surface area contributed by atoms with Gasteiger partial charge in [-0.2, -0.15) is 0 Å². The van der Waals surface area contributed by atoms with E-state index in [9.17, 15) is 0 Å². The van der Waals surface area contributed by atoms with Crippen LogP contribution in [0.3, 0.4) is 0 Å². The van der Waals surface area contributed by atoms with Gasteiger partial charge in [0.05, 0.1) is 6.04 Å². The van der Waals surface area contributed by atoms with Crippen LogP contribution in [-0.4, -0.2) is 30.1 Å². The minimum Gasteiger partial charge on any atom is -0.484 e. The second-order valence-electron chi connectivity index (χ2n) is 7.67. The molecule has 4 rings (SSSR count). The molecule has 0 amide bonds. The lowest BCUT2D eigenvalue weighted by atomic mass is 10.0. The predicted octanol–water partition coefficient (Wildman–Crippen LogP) is 3.77. The zero-order valence-corrected chi connectivity index (χ0v) is 15.2. The van der Waals surface area contributed by atoms with E-state index < -0.39 is 0 Å². The summed E-state index contributed by atoms with van der Waals surface area (Å²) in [5, 5.41) is 0. The summed E-state index contributed by atoms with van der Waals surface area (Å²) in [5.74, 6) is 0.999. The van der Waals surface area contributed by atoms with Crippen molar-refractivity contribution in [3.63, 3.8) is 0 Å². The van der Waals surface area contributed by atoms with Gasteiger partial charge in [0.15, 0.2) is 0 Å². The first-order chi connectivity index (χ1) is 12.1. The summed E-state index contributed by atoms with van der Waals surface area (Å²) in [6, 6.07) is 15.9. The first-order valence-corrected chi connectivity index (χ1v) is 9.43. The molecule has 2 aliphatic rings. The molecule has 25 heavy (non-hydrogen) atoms. The molecule has 1 aliphatic heterocycles. The Balaban J connectivity index is 1.65. The van der Waals surface area contributed by atoms with E-state index in [0.717, 1.165) is 31.7 Å². The number of rotatable bonds is 3. The third-order valence-electron chi connectivity index (χ3n) is 5.68. The topological polar surface area (TPSA) is 38.5 Å². The fourth-order valence-corrected chi connectivity index (χ4v) is 4.41. The Kier molecular flexibility index (Phi) is 4.53. The maximum Gasteiger partial charge on any atom is 0.140 e. The first-order valence-electron chi connectivity index (χ1n) is 9.43. The molecule has 1 aliphatic carbocycles. The van der Waals surface area contributed by atoms with Crippen LogP contribution in [0, 0.1) is 13.8 Å². The van der Waals surface area contributed by atoms with Gasteiger partial charge in [-0.25, -0.2) is 0 Å². The van der Waals surface area contributed by atoms with Gasteiger partial charge in [-0.1, -0.05) is 42.0 Å². The van der Waals surface area contributed by atoms with Crippen LogP contribution in [0.2, 0.25) is 0 Å². The number of hydrogen-bond donors (Lipinski definition) is 1. The Hall–Kier alpha value is -1.84. The quantitative estimate of drug-likeness (QED) is 0.927. The van der Waals surface area contributed by atoms with E-state index >= 15 is 0 Å². The molecule has 0 bridgehead atoms. The van der Waals surface area contributed by atoms with Crippen molar-refractivity contribution in [2.45, 2.75) is 51.3 Å². The van der Waals surface area contributed by atoms with Gasteiger partial charge in [0.2, 0.25) is 0 Å². The molecule has 132 valence electrons. The summed E-state index contributed by atoms with van der Waals surface area (Å²) >= 11 is 0. The van der Waals surface area contributed by atoms with Crippen molar-refractivity contribution in [2.24, 2.45) is 5.73 Å². The van der Waals surface area contributed by atoms with E-state index in [-0.39, 0.29) is 6.10 Å². The minimum atomic E-state index is 0.0860. The number of benzene rings is 2. The number of nitrogens with two attached hydrogens (primary N) is 1. The van der Waals surface area contributed by atoms with Crippen molar-refractivity contribution in [2.75, 3.05) is 13.1 Å². The van der Waals surface area contributed by atoms with Crippen LogP contribution in [0.5, 0.6) is 5.75 Å². The molecule has 3 atom stereocenters. The van der Waals surface area contributed by atoms with Gasteiger partial charge in [-0.15, -0.1) is 0 Å². The normalized spacial score (nSPS) is 26.4. The van der Waals surface area contributed by atoms with Crippen LogP contribution < -0.4 is 10.5 Å². The summed E-state index contributed by atoms with van der Waals surface area (Å²) in [4.78, 5) is 2.56. The van der Waals surface area contributed by atoms with Crippen molar-refractivity contribution in [1.29, 1.82) is 0 Å². The van der Waals surface area contributed by atoms with E-state index in [1.165, 1.54) is 28.7 Å². The first kappa shape index (κ1) is 16.6. The molecule has 1 saturated heterocycles. The number of piperidine rings is 1. The SMILES string of the molecule is Cc1ccc(O[C@@H]2c3ccccc3C[C@H]2N2CCC[C@@H](N)C2)c(C)c1. The van der Waals surface area contributed by atoms with Gasteiger partial charge in [0, 0.05) is 12.6 Å². The van der Waals surface area contributed by atoms with E-state index in [1.807, 2.05) is 0 Å². The fraction of sp³-hybridized carbons (Fsp3) is 0.455. The second-order valence-corrected chi connectivity index (χ2v) is 7.67. The van der Waals surface area contributed by atoms with E-state index in [2.05, 4.69) is 61.2 Å². The maximum absolute atomic E-state index is 6.61. The van der Waals surface area contributed by atoms with Crippen molar-refractivity contribution in [3.8, 4) is 5.75 Å². The monoisotopic (exact) mass is 336 g/mol. The average molecular weight is 336 g/mol. The van der Waals surface area contributed by atoms with Crippen LogP contribution in [0.25, 0.3) is 0 Å². The highest BCUT2D eigenvalue weighted by Gasteiger charge is 2.39. The van der Waals surface area contributed by atoms with Crippen LogP contribution >= 0.6 is 0 Å². The Morgan fingerprint density at radius 1 is 1.12 bits per heavy atom. The van der Waals surface area contributed by atoms with Gasteiger partial charge < -0.3 is 10.5 Å². The maximum atomic E-state index is 6.61. The Labute approximate surface area is 150 Å². The highest BCUT2D eigenvalue weighted by atomic mass is 16.5. The average Bonchev–Trinajstić information content (AvgIpc) is 2.96. The summed E-state index contributed by atoms with van der Waals surface area (Å²) in [6.07, 6.45) is 3.46. The standard InChI is InChI=1S/C22H28N2O/c1-15-9-10-21(16(2)12-15)25-22-19-8-4-3-6-17(19)13-20(22)24-11-5-7-18(23)14-24/h3-4,6,8-10,12,18,20,22H,5,7,11,13-14,23H2,1-2H3/t18-,20-,22-/m1/s1. The van der Waals surface area contributed by atoms with Gasteiger partial charge in [0.1, 0.15) is 11.9 Å². The molecule has 0 aromatic heterocycles.